The summed E-state index contributed by atoms with van der Waals surface area (Å²) in [6, 6.07) is 7.48. The van der Waals surface area contributed by atoms with E-state index in [1.807, 2.05) is 24.3 Å². The van der Waals surface area contributed by atoms with Gasteiger partial charge in [-0.3, -0.25) is 19.2 Å². The third-order valence-corrected chi connectivity index (χ3v) is 5.41. The van der Waals surface area contributed by atoms with Gasteiger partial charge in [0.25, 0.3) is 0 Å². The third-order valence-electron chi connectivity index (χ3n) is 5.41. The van der Waals surface area contributed by atoms with Crippen LogP contribution >= 0.6 is 0 Å². The number of hydrogen-bond donors (Lipinski definition) is 0. The van der Waals surface area contributed by atoms with Gasteiger partial charge in [-0.05, 0) is 17.7 Å². The van der Waals surface area contributed by atoms with Crippen molar-refractivity contribution in [3.63, 3.8) is 0 Å². The molecule has 39 heavy (non-hydrogen) atoms. The summed E-state index contributed by atoms with van der Waals surface area (Å²) in [5.41, 5.74) is 1.36. The molecule has 0 unspecified atom stereocenters. The molecular weight excluding hydrogens is 518 g/mol. The molecule has 2 heterocycles. The quantitative estimate of drug-likeness (QED) is 0.287. The topological polar surface area (TPSA) is 164 Å². The van der Waals surface area contributed by atoms with Crippen LogP contribution in [0.3, 0.4) is 0 Å². The first-order valence-electron chi connectivity index (χ1n) is 12.0. The number of carbonyl (C=O) groups excluding carboxylic acids is 4. The highest BCUT2D eigenvalue weighted by molar-refractivity contribution is 5.68. The lowest BCUT2D eigenvalue weighted by atomic mass is 9.98. The Labute approximate surface area is 224 Å². The van der Waals surface area contributed by atoms with Crippen LogP contribution < -0.4 is 4.74 Å². The van der Waals surface area contributed by atoms with Gasteiger partial charge in [0, 0.05) is 27.7 Å². The molecule has 1 aromatic heterocycles. The van der Waals surface area contributed by atoms with Crippen molar-refractivity contribution in [3.8, 4) is 5.75 Å². The van der Waals surface area contributed by atoms with Crippen LogP contribution in [0.15, 0.2) is 30.5 Å². The predicted octanol–water partition coefficient (Wildman–Crippen LogP) is 0.935. The van der Waals surface area contributed by atoms with Crippen molar-refractivity contribution in [1.82, 2.24) is 15.0 Å². The Kier molecular flexibility index (Phi) is 10.3. The number of ether oxygens (including phenoxy) is 7. The maximum absolute atomic E-state index is 11.9. The maximum Gasteiger partial charge on any atom is 0.303 e. The summed E-state index contributed by atoms with van der Waals surface area (Å²) in [5.74, 6) is -2.08. The summed E-state index contributed by atoms with van der Waals surface area (Å²) in [6.07, 6.45) is -4.67. The Hall–Kier alpha value is -4.04. The zero-order chi connectivity index (χ0) is 28.5. The molecule has 0 saturated carbocycles. The van der Waals surface area contributed by atoms with Gasteiger partial charge in [-0.25, -0.2) is 4.68 Å². The Morgan fingerprint density at radius 3 is 2.23 bits per heavy atom. The van der Waals surface area contributed by atoms with Crippen LogP contribution in [-0.2, 0) is 60.8 Å². The molecule has 1 aromatic carbocycles. The third kappa shape index (κ3) is 8.75. The van der Waals surface area contributed by atoms with Gasteiger partial charge < -0.3 is 33.2 Å². The Bertz CT molecular complexity index is 1170. The first kappa shape index (κ1) is 29.5. The fourth-order valence-electron chi connectivity index (χ4n) is 3.93. The summed E-state index contributed by atoms with van der Waals surface area (Å²) in [7, 11) is 1.58. The maximum atomic E-state index is 11.9. The molecule has 14 heteroatoms. The number of benzene rings is 1. The highest BCUT2D eigenvalue weighted by atomic mass is 16.7. The second-order valence-electron chi connectivity index (χ2n) is 8.64. The second-order valence-corrected chi connectivity index (χ2v) is 8.64. The lowest BCUT2D eigenvalue weighted by Gasteiger charge is -2.43. The van der Waals surface area contributed by atoms with Crippen molar-refractivity contribution in [1.29, 1.82) is 0 Å². The number of esters is 4. The zero-order valence-corrected chi connectivity index (χ0v) is 22.2. The van der Waals surface area contributed by atoms with Gasteiger partial charge in [-0.2, -0.15) is 0 Å². The summed E-state index contributed by atoms with van der Waals surface area (Å²) in [5, 5.41) is 8.19. The minimum Gasteiger partial charge on any atom is -0.497 e. The fourth-order valence-corrected chi connectivity index (χ4v) is 3.93. The largest absolute Gasteiger partial charge is 0.497 e. The second kappa shape index (κ2) is 13.7. The van der Waals surface area contributed by atoms with Crippen molar-refractivity contribution >= 4 is 23.9 Å². The number of hydrogen-bond acceptors (Lipinski definition) is 13. The Morgan fingerprint density at radius 1 is 0.923 bits per heavy atom. The van der Waals surface area contributed by atoms with Crippen LogP contribution in [-0.4, -0.2) is 83.3 Å². The molecule has 0 bridgehead atoms. The van der Waals surface area contributed by atoms with E-state index in [1.54, 1.807) is 18.0 Å². The molecule has 2 aromatic rings. The van der Waals surface area contributed by atoms with Gasteiger partial charge in [-0.15, -0.1) is 5.10 Å². The van der Waals surface area contributed by atoms with E-state index < -0.39 is 54.6 Å². The Morgan fingerprint density at radius 2 is 1.59 bits per heavy atom. The highest BCUT2D eigenvalue weighted by Gasteiger charge is 2.52. The van der Waals surface area contributed by atoms with Crippen molar-refractivity contribution in [2.75, 3.05) is 13.7 Å². The lowest BCUT2D eigenvalue weighted by Crippen LogP contribution is -2.62. The van der Waals surface area contributed by atoms with Gasteiger partial charge in [0.2, 0.25) is 0 Å². The van der Waals surface area contributed by atoms with Crippen molar-refractivity contribution < 1.29 is 52.3 Å². The molecule has 0 aliphatic carbocycles. The van der Waals surface area contributed by atoms with E-state index in [4.69, 9.17) is 33.2 Å². The van der Waals surface area contributed by atoms with Gasteiger partial charge in [0.1, 0.15) is 24.2 Å². The molecule has 1 fully saturated rings. The molecule has 1 aliphatic rings. The van der Waals surface area contributed by atoms with Crippen molar-refractivity contribution in [2.45, 2.75) is 71.6 Å². The summed E-state index contributed by atoms with van der Waals surface area (Å²) in [4.78, 5) is 47.1. The van der Waals surface area contributed by atoms with E-state index in [-0.39, 0.29) is 13.2 Å². The van der Waals surface area contributed by atoms with E-state index in [0.29, 0.717) is 18.0 Å². The first-order chi connectivity index (χ1) is 18.5. The molecule has 1 saturated heterocycles. The average Bonchev–Trinajstić information content (AvgIpc) is 3.31. The van der Waals surface area contributed by atoms with Crippen LogP contribution in [0.5, 0.6) is 5.75 Å². The number of aromatic nitrogens is 3. The van der Waals surface area contributed by atoms with Crippen LogP contribution in [0.25, 0.3) is 0 Å². The number of rotatable bonds is 11. The van der Waals surface area contributed by atoms with E-state index in [1.165, 1.54) is 6.92 Å². The molecule has 0 N–H and O–H groups in total. The molecule has 3 rings (SSSR count). The smallest absolute Gasteiger partial charge is 0.303 e. The van der Waals surface area contributed by atoms with Gasteiger partial charge in [-0.1, -0.05) is 17.3 Å². The van der Waals surface area contributed by atoms with Crippen LogP contribution in [0, 0.1) is 0 Å². The molecule has 0 amide bonds. The Balaban J connectivity index is 1.80. The standard InChI is InChI=1S/C25H31N3O11/c1-14(29)34-13-21-22(36-15(2)30)23(37-16(3)31)24(38-17(4)32)25(39-21)35-12-19-11-28(27-26-19)10-18-7-6-8-20(9-18)33-5/h6-9,11,21-25H,10,12-13H2,1-5H3/t21-,22-,23+,24+,25+/m1/s1. The van der Waals surface area contributed by atoms with Gasteiger partial charge in [0.15, 0.2) is 24.6 Å². The molecule has 0 radical (unpaired) electrons. The minimum absolute atomic E-state index is 0.133. The summed E-state index contributed by atoms with van der Waals surface area (Å²) < 4.78 is 39.8. The molecule has 1 aliphatic heterocycles. The summed E-state index contributed by atoms with van der Waals surface area (Å²) in [6.45, 7) is 4.56. The lowest BCUT2D eigenvalue weighted by molar-refractivity contribution is -0.310. The number of carbonyl (C=O) groups is 4. The van der Waals surface area contributed by atoms with E-state index in [9.17, 15) is 19.2 Å². The number of nitrogens with zero attached hydrogens (tertiary/aromatic N) is 3. The molecule has 212 valence electrons. The molecule has 14 nitrogen and oxygen atoms in total. The van der Waals surface area contributed by atoms with Crippen LogP contribution in [0.4, 0.5) is 0 Å². The molecule has 0 spiro atoms. The zero-order valence-electron chi connectivity index (χ0n) is 22.2. The monoisotopic (exact) mass is 549 g/mol. The average molecular weight is 550 g/mol. The molecular formula is C25H31N3O11. The van der Waals surface area contributed by atoms with E-state index in [2.05, 4.69) is 10.3 Å². The van der Waals surface area contributed by atoms with Gasteiger partial charge in [0.05, 0.1) is 26.5 Å². The van der Waals surface area contributed by atoms with Crippen LogP contribution in [0.1, 0.15) is 39.0 Å². The minimum atomic E-state index is -1.32. The highest BCUT2D eigenvalue weighted by Crippen LogP contribution is 2.30. The number of methoxy groups -OCH3 is 1. The van der Waals surface area contributed by atoms with E-state index >= 15 is 0 Å². The fraction of sp³-hybridized carbons (Fsp3) is 0.520. The van der Waals surface area contributed by atoms with Crippen molar-refractivity contribution in [2.24, 2.45) is 0 Å². The SMILES string of the molecule is COc1cccc(Cn2cc(CO[C@H]3O[C@H](COC(C)=O)[C@@H](OC(C)=O)[C@H](OC(C)=O)[C@@H]3OC(C)=O)nn2)c1. The predicted molar refractivity (Wildman–Crippen MR) is 129 cm³/mol. The van der Waals surface area contributed by atoms with Gasteiger partial charge >= 0.3 is 23.9 Å². The summed E-state index contributed by atoms with van der Waals surface area (Å²) >= 11 is 0. The first-order valence-corrected chi connectivity index (χ1v) is 12.0. The normalized spacial score (nSPS) is 22.4. The van der Waals surface area contributed by atoms with Crippen molar-refractivity contribution in [3.05, 3.63) is 41.7 Å². The van der Waals surface area contributed by atoms with Crippen LogP contribution in [0.2, 0.25) is 0 Å². The molecule has 5 atom stereocenters. The van der Waals surface area contributed by atoms with E-state index in [0.717, 1.165) is 26.3 Å².